The highest BCUT2D eigenvalue weighted by Gasteiger charge is 2.09. The van der Waals surface area contributed by atoms with Crippen LogP contribution in [0, 0.1) is 0 Å². The Hall–Kier alpha value is -2.25. The number of Topliss-reactive ketones (excluding diaryl/α,β-unsaturated/α-hetero) is 1. The molecule has 0 saturated carbocycles. The number of ketones is 1. The highest BCUT2D eigenvalue weighted by molar-refractivity contribution is 6.01. The average molecular weight is 213 g/mol. The quantitative estimate of drug-likeness (QED) is 0.428. The van der Waals surface area contributed by atoms with Gasteiger partial charge >= 0.3 is 0 Å². The minimum atomic E-state index is -0.234. The lowest BCUT2D eigenvalue weighted by Crippen LogP contribution is -2.05. The Morgan fingerprint density at radius 2 is 2.12 bits per heavy atom. The van der Waals surface area contributed by atoms with Crippen molar-refractivity contribution < 1.29 is 9.59 Å². The molecular weight excluding hydrogens is 202 g/mol. The number of benzene rings is 1. The summed E-state index contributed by atoms with van der Waals surface area (Å²) in [7, 11) is 0. The first-order chi connectivity index (χ1) is 7.72. The molecule has 1 aromatic rings. The van der Waals surface area contributed by atoms with Gasteiger partial charge in [0.2, 0.25) is 6.08 Å². The van der Waals surface area contributed by atoms with Crippen LogP contribution >= 0.6 is 0 Å². The normalized spacial score (nSPS) is 9.00. The molecule has 80 valence electrons. The monoisotopic (exact) mass is 213 g/mol. The van der Waals surface area contributed by atoms with E-state index in [4.69, 9.17) is 0 Å². The van der Waals surface area contributed by atoms with Gasteiger partial charge in [-0.3, -0.25) is 4.79 Å². The van der Waals surface area contributed by atoms with Crippen LogP contribution in [-0.4, -0.2) is 18.4 Å². The van der Waals surface area contributed by atoms with Crippen LogP contribution in [0.2, 0.25) is 0 Å². The summed E-state index contributed by atoms with van der Waals surface area (Å²) in [5.74, 6) is -0.234. The Kier molecular flexibility index (Phi) is 4.13. The largest absolute Gasteiger partial charge is 0.292 e. The summed E-state index contributed by atoms with van der Waals surface area (Å²) in [6.07, 6.45) is 4.58. The smallest absolute Gasteiger partial charge is 0.235 e. The third-order valence-corrected chi connectivity index (χ3v) is 2.12. The molecule has 0 atom stereocenters. The van der Waals surface area contributed by atoms with Crippen LogP contribution < -0.4 is 0 Å². The first-order valence-electron chi connectivity index (χ1n) is 4.68. The van der Waals surface area contributed by atoms with E-state index in [9.17, 15) is 9.59 Å². The average Bonchev–Trinajstić information content (AvgIpc) is 2.35. The van der Waals surface area contributed by atoms with E-state index in [0.29, 0.717) is 5.56 Å². The zero-order valence-corrected chi connectivity index (χ0v) is 8.77. The van der Waals surface area contributed by atoms with Gasteiger partial charge in [-0.25, -0.2) is 4.79 Å². The number of carbonyl (C=O) groups excluding carboxylic acids is 2. The van der Waals surface area contributed by atoms with Gasteiger partial charge in [-0.1, -0.05) is 37.4 Å². The van der Waals surface area contributed by atoms with Crippen LogP contribution in [0.15, 0.2) is 36.3 Å². The number of nitrogens with zero attached hydrogens (tertiary/aromatic N) is 1. The zero-order chi connectivity index (χ0) is 12.0. The second kappa shape index (κ2) is 5.59. The Morgan fingerprint density at radius 3 is 2.69 bits per heavy atom. The van der Waals surface area contributed by atoms with Gasteiger partial charge in [0, 0.05) is 5.56 Å². The molecule has 0 aliphatic carbocycles. The molecule has 0 aliphatic rings. The van der Waals surface area contributed by atoms with E-state index in [2.05, 4.69) is 18.2 Å². The molecule has 0 unspecified atom stereocenters. The fourth-order valence-electron chi connectivity index (χ4n) is 1.31. The number of rotatable bonds is 5. The molecule has 0 saturated heterocycles. The van der Waals surface area contributed by atoms with Crippen molar-refractivity contribution in [3.05, 3.63) is 48.0 Å². The number of aliphatic imine (C=N–C) groups is 1. The van der Waals surface area contributed by atoms with Gasteiger partial charge in [0.15, 0.2) is 5.78 Å². The maximum Gasteiger partial charge on any atom is 0.235 e. The van der Waals surface area contributed by atoms with E-state index in [1.807, 2.05) is 6.07 Å². The van der Waals surface area contributed by atoms with Crippen LogP contribution in [0.1, 0.15) is 21.5 Å². The van der Waals surface area contributed by atoms with Gasteiger partial charge in [0.25, 0.3) is 0 Å². The Morgan fingerprint density at radius 1 is 1.38 bits per heavy atom. The van der Waals surface area contributed by atoms with Crippen LogP contribution in [-0.2, 0) is 4.79 Å². The van der Waals surface area contributed by atoms with Crippen molar-refractivity contribution in [3.63, 3.8) is 0 Å². The zero-order valence-electron chi connectivity index (χ0n) is 8.77. The SMILES string of the molecule is C=Cc1ccc(C=C)c(C(=O)CN=C=O)c1. The molecule has 0 N–H and O–H groups in total. The van der Waals surface area contributed by atoms with Crippen molar-refractivity contribution in [1.29, 1.82) is 0 Å². The molecule has 1 aromatic carbocycles. The summed E-state index contributed by atoms with van der Waals surface area (Å²) in [6, 6.07) is 5.32. The van der Waals surface area contributed by atoms with E-state index in [1.54, 1.807) is 24.3 Å². The summed E-state index contributed by atoms with van der Waals surface area (Å²) < 4.78 is 0. The molecule has 3 heteroatoms. The molecule has 0 amide bonds. The van der Waals surface area contributed by atoms with E-state index in [-0.39, 0.29) is 12.3 Å². The number of carbonyl (C=O) groups is 1. The van der Waals surface area contributed by atoms with Gasteiger partial charge in [0.1, 0.15) is 6.54 Å². The molecule has 3 nitrogen and oxygen atoms in total. The Balaban J connectivity index is 3.17. The second-order valence-corrected chi connectivity index (χ2v) is 3.09. The number of isocyanates is 1. The topological polar surface area (TPSA) is 46.5 Å². The molecule has 0 aliphatic heterocycles. The third kappa shape index (κ3) is 2.62. The van der Waals surface area contributed by atoms with Gasteiger partial charge in [-0.15, -0.1) is 0 Å². The summed E-state index contributed by atoms with van der Waals surface area (Å²) in [4.78, 5) is 24.9. The molecule has 0 bridgehead atoms. The molecule has 1 rings (SSSR count). The van der Waals surface area contributed by atoms with Gasteiger partial charge in [-0.2, -0.15) is 4.99 Å². The van der Waals surface area contributed by atoms with Crippen LogP contribution in [0.25, 0.3) is 12.2 Å². The van der Waals surface area contributed by atoms with Crippen molar-refractivity contribution in [2.75, 3.05) is 6.54 Å². The molecule has 0 spiro atoms. The van der Waals surface area contributed by atoms with Crippen molar-refractivity contribution >= 4 is 24.0 Å². The fourth-order valence-corrected chi connectivity index (χ4v) is 1.31. The highest BCUT2D eigenvalue weighted by atomic mass is 16.1. The minimum Gasteiger partial charge on any atom is -0.292 e. The van der Waals surface area contributed by atoms with Crippen molar-refractivity contribution in [2.24, 2.45) is 4.99 Å². The lowest BCUT2D eigenvalue weighted by molar-refractivity contribution is 0.100. The van der Waals surface area contributed by atoms with Crippen molar-refractivity contribution in [1.82, 2.24) is 0 Å². The minimum absolute atomic E-state index is 0.190. The van der Waals surface area contributed by atoms with Crippen LogP contribution in [0.3, 0.4) is 0 Å². The molecule has 16 heavy (non-hydrogen) atoms. The number of hydrogen-bond donors (Lipinski definition) is 0. The third-order valence-electron chi connectivity index (χ3n) is 2.12. The highest BCUT2D eigenvalue weighted by Crippen LogP contribution is 2.15. The van der Waals surface area contributed by atoms with E-state index < -0.39 is 0 Å². The second-order valence-electron chi connectivity index (χ2n) is 3.09. The molecule has 0 fully saturated rings. The Bertz CT molecular complexity index is 483. The lowest BCUT2D eigenvalue weighted by Gasteiger charge is -2.04. The first-order valence-corrected chi connectivity index (χ1v) is 4.68. The van der Waals surface area contributed by atoms with Crippen LogP contribution in [0.4, 0.5) is 0 Å². The van der Waals surface area contributed by atoms with Gasteiger partial charge in [-0.05, 0) is 17.2 Å². The van der Waals surface area contributed by atoms with E-state index in [1.165, 1.54) is 6.08 Å². The first kappa shape index (κ1) is 11.8. The summed E-state index contributed by atoms with van der Waals surface area (Å²) in [5, 5.41) is 0. The van der Waals surface area contributed by atoms with Gasteiger partial charge < -0.3 is 0 Å². The van der Waals surface area contributed by atoms with Crippen LogP contribution in [0.5, 0.6) is 0 Å². The van der Waals surface area contributed by atoms with E-state index >= 15 is 0 Å². The fraction of sp³-hybridized carbons (Fsp3) is 0.0769. The predicted octanol–water partition coefficient (Wildman–Crippen LogP) is 2.49. The summed E-state index contributed by atoms with van der Waals surface area (Å²) in [6.45, 7) is 7.06. The van der Waals surface area contributed by atoms with Crippen molar-refractivity contribution in [2.45, 2.75) is 0 Å². The number of hydrogen-bond acceptors (Lipinski definition) is 3. The van der Waals surface area contributed by atoms with Crippen molar-refractivity contribution in [3.8, 4) is 0 Å². The Labute approximate surface area is 93.8 Å². The standard InChI is InChI=1S/C13H11NO2/c1-3-10-5-6-11(4-2)12(7-10)13(16)8-14-9-15/h3-7H,1-2,8H2. The molecule has 0 radical (unpaired) electrons. The lowest BCUT2D eigenvalue weighted by atomic mass is 10.0. The van der Waals surface area contributed by atoms with Gasteiger partial charge in [0.05, 0.1) is 0 Å². The summed E-state index contributed by atoms with van der Waals surface area (Å²) >= 11 is 0. The maximum atomic E-state index is 11.7. The van der Waals surface area contributed by atoms with E-state index in [0.717, 1.165) is 11.1 Å². The summed E-state index contributed by atoms with van der Waals surface area (Å²) in [5.41, 5.74) is 2.05. The molecule has 0 aromatic heterocycles. The predicted molar refractivity (Wildman–Crippen MR) is 63.9 cm³/mol. The maximum absolute atomic E-state index is 11.7. The molecule has 0 heterocycles. The molecular formula is C13H11NO2.